The largest absolute Gasteiger partial charge is 0.461 e. The summed E-state index contributed by atoms with van der Waals surface area (Å²) in [6.45, 7) is 3.29. The molecule has 1 atom stereocenters. The predicted octanol–water partition coefficient (Wildman–Crippen LogP) is 4.15. The van der Waals surface area contributed by atoms with E-state index in [9.17, 15) is 22.1 Å². The summed E-state index contributed by atoms with van der Waals surface area (Å²) in [5, 5.41) is 0. The van der Waals surface area contributed by atoms with Crippen LogP contribution in [0.5, 0.6) is 5.75 Å². The number of ether oxygens (including phenoxy) is 1. The van der Waals surface area contributed by atoms with E-state index in [1.54, 1.807) is 13.8 Å². The first-order valence-corrected chi connectivity index (χ1v) is 8.36. The number of nitrogens with two attached hydrogens (primary N) is 1. The highest BCUT2D eigenvalue weighted by Crippen LogP contribution is 2.58. The first kappa shape index (κ1) is 19.9. The third-order valence-corrected chi connectivity index (χ3v) is 4.88. The Morgan fingerprint density at radius 3 is 2.26 bits per heavy atom. The second-order valence-electron chi connectivity index (χ2n) is 4.36. The number of hydrogen-bond donors (Lipinski definition) is 1. The maximum Gasteiger partial charge on any atom is 0.461 e. The van der Waals surface area contributed by atoms with E-state index in [0.29, 0.717) is 0 Å². The third kappa shape index (κ3) is 5.17. The molecule has 1 aromatic carbocycles. The second-order valence-corrected chi connectivity index (χ2v) is 6.51. The Kier molecular flexibility index (Phi) is 7.01. The van der Waals surface area contributed by atoms with Crippen LogP contribution in [0, 0.1) is 0 Å². The fraction of sp³-hybridized carbons (Fsp3) is 0.538. The average molecular weight is 359 g/mol. The Morgan fingerprint density at radius 1 is 1.22 bits per heavy atom. The molecular formula is C13H18F4NO4P. The summed E-state index contributed by atoms with van der Waals surface area (Å²) in [6.07, 6.45) is -8.63. The lowest BCUT2D eigenvalue weighted by molar-refractivity contribution is -0.253. The van der Waals surface area contributed by atoms with E-state index in [1.165, 1.54) is 12.1 Å². The van der Waals surface area contributed by atoms with Crippen molar-refractivity contribution in [3.05, 3.63) is 29.8 Å². The molecule has 0 saturated carbocycles. The molecule has 0 aliphatic heterocycles. The van der Waals surface area contributed by atoms with Gasteiger partial charge in [0.1, 0.15) is 11.5 Å². The molecule has 0 unspecified atom stereocenters. The third-order valence-electron chi connectivity index (χ3n) is 2.67. The molecule has 0 spiro atoms. The molecule has 1 rings (SSSR count). The lowest BCUT2D eigenvalue weighted by Crippen LogP contribution is -2.33. The van der Waals surface area contributed by atoms with Gasteiger partial charge in [-0.25, -0.2) is 0 Å². The van der Waals surface area contributed by atoms with Crippen molar-refractivity contribution in [2.24, 2.45) is 5.73 Å². The molecule has 10 heteroatoms. The zero-order valence-electron chi connectivity index (χ0n) is 12.5. The van der Waals surface area contributed by atoms with Crippen LogP contribution < -0.4 is 10.5 Å². The normalized spacial score (nSPS) is 14.1. The van der Waals surface area contributed by atoms with Gasteiger partial charge in [-0.2, -0.15) is 17.6 Å². The van der Waals surface area contributed by atoms with Crippen molar-refractivity contribution >= 4 is 7.60 Å². The Morgan fingerprint density at radius 2 is 1.78 bits per heavy atom. The van der Waals surface area contributed by atoms with Gasteiger partial charge >= 0.3 is 20.1 Å². The fourth-order valence-corrected chi connectivity index (χ4v) is 3.35. The number of alkyl halides is 4. The Labute approximate surface area is 131 Å². The van der Waals surface area contributed by atoms with Gasteiger partial charge in [0, 0.05) is 0 Å². The molecule has 0 amide bonds. The minimum atomic E-state index is -4.65. The van der Waals surface area contributed by atoms with Crippen LogP contribution >= 0.6 is 7.60 Å². The zero-order chi connectivity index (χ0) is 17.7. The van der Waals surface area contributed by atoms with Gasteiger partial charge in [-0.05, 0) is 31.5 Å². The molecule has 132 valence electrons. The minimum Gasteiger partial charge on any atom is -0.428 e. The van der Waals surface area contributed by atoms with E-state index in [0.717, 1.165) is 12.1 Å². The SMILES string of the molecule is CCOP(=O)(OCC)[C@H](N)c1cccc(OC(F)(F)C(F)F)c1. The van der Waals surface area contributed by atoms with Gasteiger partial charge in [0.25, 0.3) is 0 Å². The summed E-state index contributed by atoms with van der Waals surface area (Å²) in [7, 11) is -3.74. The van der Waals surface area contributed by atoms with E-state index < -0.39 is 31.7 Å². The number of hydrogen-bond acceptors (Lipinski definition) is 5. The van der Waals surface area contributed by atoms with Crippen LogP contribution in [0.1, 0.15) is 25.2 Å². The highest BCUT2D eigenvalue weighted by Gasteiger charge is 2.44. The number of halogens is 4. The Hall–Kier alpha value is -1.15. The lowest BCUT2D eigenvalue weighted by Gasteiger charge is -2.24. The lowest BCUT2D eigenvalue weighted by atomic mass is 10.2. The fourth-order valence-electron chi connectivity index (χ4n) is 1.70. The smallest absolute Gasteiger partial charge is 0.428 e. The molecule has 0 fully saturated rings. The van der Waals surface area contributed by atoms with Crippen molar-refractivity contribution in [3.8, 4) is 5.75 Å². The molecule has 0 heterocycles. The molecule has 5 nitrogen and oxygen atoms in total. The van der Waals surface area contributed by atoms with Gasteiger partial charge in [-0.1, -0.05) is 12.1 Å². The first-order valence-electron chi connectivity index (χ1n) is 6.75. The summed E-state index contributed by atoms with van der Waals surface area (Å²) < 4.78 is 76.8. The quantitative estimate of drug-likeness (QED) is 0.530. The highest BCUT2D eigenvalue weighted by atomic mass is 31.2. The van der Waals surface area contributed by atoms with Crippen molar-refractivity contribution in [2.45, 2.75) is 32.2 Å². The van der Waals surface area contributed by atoms with Gasteiger partial charge in [0.05, 0.1) is 13.2 Å². The van der Waals surface area contributed by atoms with Crippen molar-refractivity contribution in [3.63, 3.8) is 0 Å². The van der Waals surface area contributed by atoms with Crippen LogP contribution in [0.25, 0.3) is 0 Å². The Bertz CT molecular complexity index is 549. The summed E-state index contributed by atoms with van der Waals surface area (Å²) in [4.78, 5) is 0. The summed E-state index contributed by atoms with van der Waals surface area (Å²) >= 11 is 0. The van der Waals surface area contributed by atoms with Crippen molar-refractivity contribution < 1.29 is 35.9 Å². The standard InChI is InChI=1S/C13H18F4NO4P/c1-3-20-23(19,21-4-2)11(18)9-6-5-7-10(8-9)22-13(16,17)12(14)15/h5-8,11-12H,3-4,18H2,1-2H3/t11-/m0/s1. The van der Waals surface area contributed by atoms with Crippen LogP contribution in [0.3, 0.4) is 0 Å². The summed E-state index contributed by atoms with van der Waals surface area (Å²) in [5.74, 6) is -1.81. The molecule has 0 aliphatic rings. The molecule has 2 N–H and O–H groups in total. The molecule has 0 radical (unpaired) electrons. The molecule has 0 bridgehead atoms. The summed E-state index contributed by atoms with van der Waals surface area (Å²) in [6, 6.07) is 4.68. The molecular weight excluding hydrogens is 341 g/mol. The van der Waals surface area contributed by atoms with Gasteiger partial charge < -0.3 is 19.5 Å². The summed E-state index contributed by atoms with van der Waals surface area (Å²) in [5.41, 5.74) is 5.93. The predicted molar refractivity (Wildman–Crippen MR) is 75.8 cm³/mol. The van der Waals surface area contributed by atoms with E-state index in [-0.39, 0.29) is 18.8 Å². The molecule has 1 aromatic rings. The molecule has 0 aliphatic carbocycles. The van der Waals surface area contributed by atoms with Crippen molar-refractivity contribution in [2.75, 3.05) is 13.2 Å². The average Bonchev–Trinajstić information content (AvgIpc) is 2.46. The Balaban J connectivity index is 3.05. The van der Waals surface area contributed by atoms with Crippen molar-refractivity contribution in [1.29, 1.82) is 0 Å². The zero-order valence-corrected chi connectivity index (χ0v) is 13.4. The van der Waals surface area contributed by atoms with Gasteiger partial charge in [-0.15, -0.1) is 0 Å². The van der Waals surface area contributed by atoms with Crippen LogP contribution in [-0.4, -0.2) is 25.7 Å². The molecule has 0 saturated heterocycles. The highest BCUT2D eigenvalue weighted by molar-refractivity contribution is 7.54. The second kappa shape index (κ2) is 8.10. The monoisotopic (exact) mass is 359 g/mol. The van der Waals surface area contributed by atoms with Crippen LogP contribution in [-0.2, 0) is 13.6 Å². The van der Waals surface area contributed by atoms with E-state index in [4.69, 9.17) is 14.8 Å². The first-order chi connectivity index (χ1) is 10.7. The van der Waals surface area contributed by atoms with Crippen LogP contribution in [0.2, 0.25) is 0 Å². The maximum absolute atomic E-state index is 12.9. The van der Waals surface area contributed by atoms with E-state index >= 15 is 0 Å². The number of rotatable bonds is 9. The van der Waals surface area contributed by atoms with Gasteiger partial charge in [-0.3, -0.25) is 4.57 Å². The number of benzene rings is 1. The van der Waals surface area contributed by atoms with E-state index in [1.807, 2.05) is 0 Å². The van der Waals surface area contributed by atoms with Crippen LogP contribution in [0.4, 0.5) is 17.6 Å². The minimum absolute atomic E-state index is 0.0601. The maximum atomic E-state index is 12.9. The molecule has 0 aromatic heterocycles. The van der Waals surface area contributed by atoms with Crippen molar-refractivity contribution in [1.82, 2.24) is 0 Å². The van der Waals surface area contributed by atoms with Crippen LogP contribution in [0.15, 0.2) is 24.3 Å². The molecule has 23 heavy (non-hydrogen) atoms. The van der Waals surface area contributed by atoms with Gasteiger partial charge in [0.15, 0.2) is 0 Å². The topological polar surface area (TPSA) is 70.8 Å². The van der Waals surface area contributed by atoms with E-state index in [2.05, 4.69) is 4.74 Å². The van der Waals surface area contributed by atoms with Gasteiger partial charge in [0.2, 0.25) is 0 Å².